The number of hydrogen-bond acceptors (Lipinski definition) is 1. The molecule has 1 rings (SSSR count). The standard InChI is InChI=1S/C11H22O/c1-3-4-5-8-11(2,9-12)10-6-7-10/h10,12H,3-9H2,1-2H3. The summed E-state index contributed by atoms with van der Waals surface area (Å²) < 4.78 is 0. The highest BCUT2D eigenvalue weighted by molar-refractivity contribution is 4.90. The zero-order valence-electron chi connectivity index (χ0n) is 8.47. The van der Waals surface area contributed by atoms with Crippen molar-refractivity contribution in [3.05, 3.63) is 0 Å². The molecule has 1 aliphatic rings. The van der Waals surface area contributed by atoms with Gasteiger partial charge < -0.3 is 5.11 Å². The lowest BCUT2D eigenvalue weighted by Gasteiger charge is -2.27. The zero-order valence-corrected chi connectivity index (χ0v) is 8.47. The Morgan fingerprint density at radius 3 is 2.42 bits per heavy atom. The topological polar surface area (TPSA) is 20.2 Å². The van der Waals surface area contributed by atoms with Gasteiger partial charge in [0, 0.05) is 6.61 Å². The van der Waals surface area contributed by atoms with Gasteiger partial charge in [-0.3, -0.25) is 0 Å². The van der Waals surface area contributed by atoms with Crippen molar-refractivity contribution in [2.24, 2.45) is 11.3 Å². The summed E-state index contributed by atoms with van der Waals surface area (Å²) in [5, 5.41) is 9.30. The SMILES string of the molecule is CCCCCC(C)(CO)C1CC1. The van der Waals surface area contributed by atoms with Gasteiger partial charge in [-0.2, -0.15) is 0 Å². The normalized spacial score (nSPS) is 22.2. The first-order valence-electron chi connectivity index (χ1n) is 5.34. The van der Waals surface area contributed by atoms with Crippen molar-refractivity contribution in [2.45, 2.75) is 52.4 Å². The minimum absolute atomic E-state index is 0.259. The van der Waals surface area contributed by atoms with E-state index in [1.165, 1.54) is 38.5 Å². The van der Waals surface area contributed by atoms with Gasteiger partial charge in [0.2, 0.25) is 0 Å². The molecule has 0 aromatic rings. The summed E-state index contributed by atoms with van der Waals surface area (Å²) in [7, 11) is 0. The smallest absolute Gasteiger partial charge is 0.0487 e. The first kappa shape index (κ1) is 10.0. The highest BCUT2D eigenvalue weighted by Gasteiger charge is 2.40. The maximum atomic E-state index is 9.30. The molecule has 1 aliphatic carbocycles. The van der Waals surface area contributed by atoms with Crippen LogP contribution in [-0.4, -0.2) is 11.7 Å². The van der Waals surface area contributed by atoms with Gasteiger partial charge in [0.25, 0.3) is 0 Å². The van der Waals surface area contributed by atoms with Crippen molar-refractivity contribution in [1.29, 1.82) is 0 Å². The Morgan fingerprint density at radius 2 is 2.00 bits per heavy atom. The van der Waals surface area contributed by atoms with Crippen LogP contribution in [0.2, 0.25) is 0 Å². The summed E-state index contributed by atoms with van der Waals surface area (Å²) in [6.07, 6.45) is 7.83. The van der Waals surface area contributed by atoms with E-state index < -0.39 is 0 Å². The molecule has 0 heterocycles. The molecule has 1 atom stereocenters. The first-order valence-corrected chi connectivity index (χ1v) is 5.34. The molecule has 0 aromatic carbocycles. The molecule has 0 aliphatic heterocycles. The van der Waals surface area contributed by atoms with Crippen molar-refractivity contribution in [2.75, 3.05) is 6.61 Å². The third kappa shape index (κ3) is 2.48. The Morgan fingerprint density at radius 1 is 1.33 bits per heavy atom. The highest BCUT2D eigenvalue weighted by atomic mass is 16.3. The Bertz CT molecular complexity index is 129. The minimum Gasteiger partial charge on any atom is -0.396 e. The summed E-state index contributed by atoms with van der Waals surface area (Å²) in [5.74, 6) is 0.833. The Labute approximate surface area is 76.2 Å². The van der Waals surface area contributed by atoms with Gasteiger partial charge in [-0.05, 0) is 30.6 Å². The van der Waals surface area contributed by atoms with E-state index in [1.807, 2.05) is 0 Å². The Balaban J connectivity index is 2.23. The third-order valence-electron chi connectivity index (χ3n) is 3.28. The molecule has 0 amide bonds. The maximum Gasteiger partial charge on any atom is 0.0487 e. The van der Waals surface area contributed by atoms with Crippen LogP contribution in [0.25, 0.3) is 0 Å². The lowest BCUT2D eigenvalue weighted by atomic mass is 9.81. The van der Waals surface area contributed by atoms with Crippen LogP contribution in [0.3, 0.4) is 0 Å². The summed E-state index contributed by atoms with van der Waals surface area (Å²) in [4.78, 5) is 0. The summed E-state index contributed by atoms with van der Waals surface area (Å²) in [5.41, 5.74) is 0.259. The molecule has 1 unspecified atom stereocenters. The van der Waals surface area contributed by atoms with Gasteiger partial charge in [0.1, 0.15) is 0 Å². The molecule has 72 valence electrons. The predicted molar refractivity (Wildman–Crippen MR) is 52.1 cm³/mol. The van der Waals surface area contributed by atoms with Crippen LogP contribution in [0.1, 0.15) is 52.4 Å². The number of aliphatic hydroxyl groups is 1. The second-order valence-electron chi connectivity index (χ2n) is 4.54. The van der Waals surface area contributed by atoms with Gasteiger partial charge in [0.15, 0.2) is 0 Å². The molecule has 0 bridgehead atoms. The molecule has 0 spiro atoms. The Hall–Kier alpha value is -0.0400. The fourth-order valence-corrected chi connectivity index (χ4v) is 1.97. The van der Waals surface area contributed by atoms with Crippen LogP contribution >= 0.6 is 0 Å². The van der Waals surface area contributed by atoms with E-state index >= 15 is 0 Å². The number of hydrogen-bond donors (Lipinski definition) is 1. The fraction of sp³-hybridized carbons (Fsp3) is 1.00. The Kier molecular flexibility index (Phi) is 3.57. The van der Waals surface area contributed by atoms with E-state index in [-0.39, 0.29) is 5.41 Å². The number of aliphatic hydroxyl groups excluding tert-OH is 1. The zero-order chi connectivity index (χ0) is 9.03. The molecule has 1 heteroatoms. The van der Waals surface area contributed by atoms with Gasteiger partial charge in [-0.1, -0.05) is 33.1 Å². The lowest BCUT2D eigenvalue weighted by Crippen LogP contribution is -2.23. The second-order valence-corrected chi connectivity index (χ2v) is 4.54. The van der Waals surface area contributed by atoms with Crippen molar-refractivity contribution >= 4 is 0 Å². The van der Waals surface area contributed by atoms with E-state index in [0.717, 1.165) is 5.92 Å². The first-order chi connectivity index (χ1) is 5.73. The van der Waals surface area contributed by atoms with Gasteiger partial charge >= 0.3 is 0 Å². The summed E-state index contributed by atoms with van der Waals surface area (Å²) in [6, 6.07) is 0. The summed E-state index contributed by atoms with van der Waals surface area (Å²) in [6.45, 7) is 4.87. The van der Waals surface area contributed by atoms with Crippen LogP contribution in [0.5, 0.6) is 0 Å². The minimum atomic E-state index is 0.259. The van der Waals surface area contributed by atoms with Crippen molar-refractivity contribution in [3.8, 4) is 0 Å². The molecular formula is C11H22O. The van der Waals surface area contributed by atoms with E-state index in [2.05, 4.69) is 13.8 Å². The third-order valence-corrected chi connectivity index (χ3v) is 3.28. The number of rotatable bonds is 6. The maximum absolute atomic E-state index is 9.30. The van der Waals surface area contributed by atoms with Crippen molar-refractivity contribution in [3.63, 3.8) is 0 Å². The van der Waals surface area contributed by atoms with E-state index in [9.17, 15) is 5.11 Å². The molecule has 0 saturated heterocycles. The average molecular weight is 170 g/mol. The largest absolute Gasteiger partial charge is 0.396 e. The molecule has 0 radical (unpaired) electrons. The van der Waals surface area contributed by atoms with Crippen molar-refractivity contribution < 1.29 is 5.11 Å². The molecule has 0 aromatic heterocycles. The summed E-state index contributed by atoms with van der Waals surface area (Å²) >= 11 is 0. The van der Waals surface area contributed by atoms with Crippen LogP contribution < -0.4 is 0 Å². The monoisotopic (exact) mass is 170 g/mol. The van der Waals surface area contributed by atoms with Crippen LogP contribution in [0, 0.1) is 11.3 Å². The quantitative estimate of drug-likeness (QED) is 0.608. The predicted octanol–water partition coefficient (Wildman–Crippen LogP) is 2.98. The molecule has 1 N–H and O–H groups in total. The van der Waals surface area contributed by atoms with E-state index in [4.69, 9.17) is 0 Å². The van der Waals surface area contributed by atoms with Gasteiger partial charge in [-0.15, -0.1) is 0 Å². The molecule has 12 heavy (non-hydrogen) atoms. The highest BCUT2D eigenvalue weighted by Crippen LogP contribution is 2.47. The molecular weight excluding hydrogens is 148 g/mol. The second kappa shape index (κ2) is 4.27. The lowest BCUT2D eigenvalue weighted by molar-refractivity contribution is 0.107. The van der Waals surface area contributed by atoms with Crippen molar-refractivity contribution in [1.82, 2.24) is 0 Å². The van der Waals surface area contributed by atoms with Crippen LogP contribution in [-0.2, 0) is 0 Å². The van der Waals surface area contributed by atoms with E-state index in [1.54, 1.807) is 0 Å². The van der Waals surface area contributed by atoms with Crippen LogP contribution in [0.15, 0.2) is 0 Å². The average Bonchev–Trinajstić information content (AvgIpc) is 2.87. The van der Waals surface area contributed by atoms with Gasteiger partial charge in [0.05, 0.1) is 0 Å². The molecule has 1 nitrogen and oxygen atoms in total. The molecule has 1 saturated carbocycles. The van der Waals surface area contributed by atoms with E-state index in [0.29, 0.717) is 6.61 Å². The van der Waals surface area contributed by atoms with Crippen LogP contribution in [0.4, 0.5) is 0 Å². The molecule has 1 fully saturated rings. The van der Waals surface area contributed by atoms with Gasteiger partial charge in [-0.25, -0.2) is 0 Å². The number of unbranched alkanes of at least 4 members (excludes halogenated alkanes) is 2. The fourth-order valence-electron chi connectivity index (χ4n) is 1.97.